The molecular weight excluding hydrogens is 439 g/mol. The van der Waals surface area contributed by atoms with Gasteiger partial charge in [0.05, 0.1) is 48.8 Å². The molecule has 0 saturated carbocycles. The molecule has 1 aliphatic heterocycles. The Kier molecular flexibility index (Phi) is 7.44. The average molecular weight is 463 g/mol. The van der Waals surface area contributed by atoms with Gasteiger partial charge in [-0.25, -0.2) is 9.97 Å². The van der Waals surface area contributed by atoms with Gasteiger partial charge in [-0.3, -0.25) is 9.79 Å². The first-order valence-corrected chi connectivity index (χ1v) is 10.1. The van der Waals surface area contributed by atoms with Crippen LogP contribution in [0.25, 0.3) is 10.9 Å². The zero-order chi connectivity index (χ0) is 24.2. The number of rotatable bonds is 9. The van der Waals surface area contributed by atoms with Gasteiger partial charge in [-0.2, -0.15) is 13.2 Å². The molecule has 3 heterocycles. The summed E-state index contributed by atoms with van der Waals surface area (Å²) in [6, 6.07) is 0.698. The lowest BCUT2D eigenvalue weighted by Gasteiger charge is -2.19. The lowest BCUT2D eigenvalue weighted by atomic mass is 10.1. The van der Waals surface area contributed by atoms with Gasteiger partial charge in [0, 0.05) is 23.8 Å². The summed E-state index contributed by atoms with van der Waals surface area (Å²) in [6.07, 6.45) is -1.90. The second-order valence-corrected chi connectivity index (χ2v) is 7.41. The van der Waals surface area contributed by atoms with Crippen molar-refractivity contribution in [3.63, 3.8) is 0 Å². The molecule has 33 heavy (non-hydrogen) atoms. The van der Waals surface area contributed by atoms with Crippen molar-refractivity contribution in [3.05, 3.63) is 53.5 Å². The van der Waals surface area contributed by atoms with Gasteiger partial charge in [0.15, 0.2) is 0 Å². The Bertz CT molecular complexity index is 1110. The Morgan fingerprint density at radius 2 is 2.12 bits per heavy atom. The number of nitrogens with two attached hydrogens (primary N) is 1. The number of alkyl halides is 3. The van der Waals surface area contributed by atoms with Crippen molar-refractivity contribution in [3.8, 4) is 0 Å². The molecule has 1 atom stereocenters. The molecule has 0 aliphatic carbocycles. The molecule has 2 aromatic rings. The van der Waals surface area contributed by atoms with Crippen LogP contribution in [-0.4, -0.2) is 47.5 Å². The number of ether oxygens (including phenoxy) is 2. The predicted octanol–water partition coefficient (Wildman–Crippen LogP) is 3.47. The summed E-state index contributed by atoms with van der Waals surface area (Å²) in [5.41, 5.74) is 7.03. The highest BCUT2D eigenvalue weighted by Gasteiger charge is 2.30. The summed E-state index contributed by atoms with van der Waals surface area (Å²) in [6.45, 7) is 9.56. The number of halogens is 3. The number of nitrogen functional groups attached to an aromatic ring is 1. The van der Waals surface area contributed by atoms with Crippen molar-refractivity contribution in [2.24, 2.45) is 4.99 Å². The molecule has 3 rings (SSSR count). The van der Waals surface area contributed by atoms with Crippen molar-refractivity contribution >= 4 is 28.8 Å². The molecule has 176 valence electrons. The topological polar surface area (TPSA) is 112 Å². The molecule has 11 heteroatoms. The van der Waals surface area contributed by atoms with Crippen LogP contribution in [0.3, 0.4) is 0 Å². The number of pyridine rings is 2. The minimum Gasteiger partial charge on any atom is -0.383 e. The molecule has 0 saturated heterocycles. The molecule has 0 aromatic carbocycles. The molecule has 1 amide bonds. The largest absolute Gasteiger partial charge is 0.417 e. The maximum Gasteiger partial charge on any atom is 0.417 e. The number of carbonyl (C=O) groups is 1. The van der Waals surface area contributed by atoms with Crippen LogP contribution in [0, 0.1) is 0 Å². The van der Waals surface area contributed by atoms with Gasteiger partial charge in [0.1, 0.15) is 11.5 Å². The Hall–Kier alpha value is -3.31. The van der Waals surface area contributed by atoms with Crippen LogP contribution in [0.1, 0.15) is 35.0 Å². The van der Waals surface area contributed by atoms with Gasteiger partial charge in [0.25, 0.3) is 5.91 Å². The lowest BCUT2D eigenvalue weighted by Crippen LogP contribution is -2.39. The van der Waals surface area contributed by atoms with Crippen LogP contribution in [-0.2, 0) is 22.7 Å². The van der Waals surface area contributed by atoms with Gasteiger partial charge < -0.3 is 20.5 Å². The minimum absolute atomic E-state index is 0.0191. The first-order valence-electron chi connectivity index (χ1n) is 10.1. The van der Waals surface area contributed by atoms with Crippen molar-refractivity contribution in [1.29, 1.82) is 0 Å². The number of nitrogens with one attached hydrogen (secondary N) is 1. The molecule has 0 radical (unpaired) electrons. The molecule has 0 unspecified atom stereocenters. The van der Waals surface area contributed by atoms with E-state index < -0.39 is 23.7 Å². The zero-order valence-corrected chi connectivity index (χ0v) is 18.0. The Labute approximate surface area is 188 Å². The molecule has 2 aromatic heterocycles. The fourth-order valence-corrected chi connectivity index (χ4v) is 3.12. The highest BCUT2D eigenvalue weighted by atomic mass is 19.4. The van der Waals surface area contributed by atoms with Crippen LogP contribution in [0.4, 0.5) is 19.0 Å². The number of hydrogen-bond donors (Lipinski definition) is 2. The van der Waals surface area contributed by atoms with Gasteiger partial charge in [-0.05, 0) is 18.1 Å². The van der Waals surface area contributed by atoms with Gasteiger partial charge in [-0.15, -0.1) is 0 Å². The Morgan fingerprint density at radius 1 is 1.39 bits per heavy atom. The molecule has 0 fully saturated rings. The monoisotopic (exact) mass is 463 g/mol. The molecule has 0 bridgehead atoms. The van der Waals surface area contributed by atoms with E-state index in [4.69, 9.17) is 15.2 Å². The van der Waals surface area contributed by atoms with E-state index in [1.807, 2.05) is 6.92 Å². The van der Waals surface area contributed by atoms with Crippen LogP contribution in [0.15, 0.2) is 41.7 Å². The fraction of sp³-hybridized carbons (Fsp3) is 0.364. The number of hydrogen-bond acceptors (Lipinski definition) is 7. The number of anilines is 1. The van der Waals surface area contributed by atoms with Gasteiger partial charge in [-0.1, -0.05) is 20.1 Å². The maximum atomic E-state index is 12.9. The normalized spacial score (nSPS) is 14.4. The van der Waals surface area contributed by atoms with E-state index in [1.54, 1.807) is 6.07 Å². The molecule has 1 aliphatic rings. The lowest BCUT2D eigenvalue weighted by molar-refractivity contribution is -0.0852. The number of aliphatic imine (C=N–C) groups is 1. The number of nitrogens with zero attached hydrogens (tertiary/aromatic N) is 3. The smallest absolute Gasteiger partial charge is 0.383 e. The number of carbonyl (C=O) groups excluding carboxylic acids is 1. The number of fused-ring (bicyclic) bond motifs is 3. The van der Waals surface area contributed by atoms with Crippen LogP contribution < -0.4 is 11.1 Å². The molecule has 0 spiro atoms. The second-order valence-electron chi connectivity index (χ2n) is 7.41. The van der Waals surface area contributed by atoms with Crippen molar-refractivity contribution in [2.45, 2.75) is 38.8 Å². The summed E-state index contributed by atoms with van der Waals surface area (Å²) >= 11 is 0. The van der Waals surface area contributed by atoms with E-state index in [-0.39, 0.29) is 18.0 Å². The first-order chi connectivity index (χ1) is 15.6. The number of allylic oxidation sites excluding steroid dienone is 1. The van der Waals surface area contributed by atoms with E-state index in [0.717, 1.165) is 17.5 Å². The summed E-state index contributed by atoms with van der Waals surface area (Å²) < 4.78 is 49.0. The standard InChI is InChI=1S/C22H24F3N5O3/c1-4-5-32-11-19(13(3)27-7-12(2)22(23,24)25)30-21(31)17-6-14-15-9-33-10-16(15)20(26)29-18(14)8-28-17/h6-8,19H,2-5,9-11H2,1H3,(H2,26,29)(H,30,31)/t19-/m1/s1. The first kappa shape index (κ1) is 24.3. The SMILES string of the molecule is C=C(N=CC(=C)C(F)(F)F)[C@@H](COCCC)NC(=O)c1cc2c3c(c(N)nc2cn1)COC3. The summed E-state index contributed by atoms with van der Waals surface area (Å²) in [5.74, 6) is -0.214. The highest BCUT2D eigenvalue weighted by molar-refractivity contribution is 5.97. The van der Waals surface area contributed by atoms with E-state index in [0.29, 0.717) is 42.8 Å². The Morgan fingerprint density at radius 3 is 2.82 bits per heavy atom. The third kappa shape index (κ3) is 5.74. The number of amides is 1. The van der Waals surface area contributed by atoms with E-state index in [1.165, 1.54) is 6.20 Å². The highest BCUT2D eigenvalue weighted by Crippen LogP contribution is 2.31. The third-order valence-electron chi connectivity index (χ3n) is 4.94. The third-order valence-corrected chi connectivity index (χ3v) is 4.94. The van der Waals surface area contributed by atoms with Crippen molar-refractivity contribution in [2.75, 3.05) is 18.9 Å². The molecular formula is C22H24F3N5O3. The predicted molar refractivity (Wildman–Crippen MR) is 118 cm³/mol. The minimum atomic E-state index is -4.61. The maximum absolute atomic E-state index is 12.9. The molecule has 3 N–H and O–H groups in total. The average Bonchev–Trinajstić information content (AvgIpc) is 3.26. The van der Waals surface area contributed by atoms with Gasteiger partial charge >= 0.3 is 6.18 Å². The molecule has 8 nitrogen and oxygen atoms in total. The quantitative estimate of drug-likeness (QED) is 0.435. The van der Waals surface area contributed by atoms with E-state index in [2.05, 4.69) is 33.4 Å². The summed E-state index contributed by atoms with van der Waals surface area (Å²) in [4.78, 5) is 25.1. The van der Waals surface area contributed by atoms with Crippen molar-refractivity contribution < 1.29 is 27.4 Å². The second kappa shape index (κ2) is 10.1. The number of aromatic nitrogens is 2. The Balaban J connectivity index is 1.82. The van der Waals surface area contributed by atoms with Gasteiger partial charge in [0.2, 0.25) is 0 Å². The van der Waals surface area contributed by atoms with Crippen LogP contribution in [0.5, 0.6) is 0 Å². The van der Waals surface area contributed by atoms with Crippen molar-refractivity contribution in [1.82, 2.24) is 15.3 Å². The van der Waals surface area contributed by atoms with Crippen LogP contribution in [0.2, 0.25) is 0 Å². The van der Waals surface area contributed by atoms with E-state index in [9.17, 15) is 18.0 Å². The summed E-state index contributed by atoms with van der Waals surface area (Å²) in [5, 5.41) is 3.36. The van der Waals surface area contributed by atoms with Crippen LogP contribution >= 0.6 is 0 Å². The zero-order valence-electron chi connectivity index (χ0n) is 18.0. The summed E-state index contributed by atoms with van der Waals surface area (Å²) in [7, 11) is 0. The fourth-order valence-electron chi connectivity index (χ4n) is 3.12. The van der Waals surface area contributed by atoms with E-state index >= 15 is 0 Å².